The van der Waals surface area contributed by atoms with Gasteiger partial charge in [0.2, 0.25) is 0 Å². The molecule has 2 saturated heterocycles. The lowest BCUT2D eigenvalue weighted by atomic mass is 9.90. The van der Waals surface area contributed by atoms with Gasteiger partial charge < -0.3 is 5.73 Å². The molecule has 82 valence electrons. The number of nitrogens with two attached hydrogens (primary N) is 1. The second-order valence-corrected chi connectivity index (χ2v) is 5.78. The van der Waals surface area contributed by atoms with Gasteiger partial charge in [0.1, 0.15) is 0 Å². The van der Waals surface area contributed by atoms with Crippen molar-refractivity contribution in [2.75, 3.05) is 24.6 Å². The van der Waals surface area contributed by atoms with Crippen LogP contribution in [0.4, 0.5) is 0 Å². The summed E-state index contributed by atoms with van der Waals surface area (Å²) in [6.45, 7) is 4.77. The van der Waals surface area contributed by atoms with Crippen molar-refractivity contribution < 1.29 is 0 Å². The summed E-state index contributed by atoms with van der Waals surface area (Å²) in [6.07, 6.45) is 3.85. The molecule has 2 nitrogen and oxygen atoms in total. The van der Waals surface area contributed by atoms with Crippen LogP contribution in [-0.4, -0.2) is 41.6 Å². The molecule has 0 aliphatic carbocycles. The van der Waals surface area contributed by atoms with Gasteiger partial charge in [-0.3, -0.25) is 4.90 Å². The first-order valence-electron chi connectivity index (χ1n) is 5.88. The highest BCUT2D eigenvalue weighted by Crippen LogP contribution is 2.27. The molecule has 2 rings (SSSR count). The summed E-state index contributed by atoms with van der Waals surface area (Å²) in [5.74, 6) is 3.46. The van der Waals surface area contributed by atoms with E-state index < -0.39 is 0 Å². The van der Waals surface area contributed by atoms with Crippen molar-refractivity contribution in [2.24, 2.45) is 11.7 Å². The van der Waals surface area contributed by atoms with E-state index >= 15 is 0 Å². The minimum atomic E-state index is 0.463. The molecule has 2 aliphatic rings. The number of hydrogen-bond acceptors (Lipinski definition) is 3. The average Bonchev–Trinajstić information content (AvgIpc) is 2.71. The SMILES string of the molecule is CCC1CN(C2CCSC2)CCC1N. The highest BCUT2D eigenvalue weighted by Gasteiger charge is 2.30. The van der Waals surface area contributed by atoms with E-state index in [1.54, 1.807) is 0 Å². The van der Waals surface area contributed by atoms with Crippen molar-refractivity contribution in [3.8, 4) is 0 Å². The van der Waals surface area contributed by atoms with Gasteiger partial charge in [-0.2, -0.15) is 11.8 Å². The van der Waals surface area contributed by atoms with Gasteiger partial charge in [0.05, 0.1) is 0 Å². The molecule has 0 spiro atoms. The number of nitrogens with zero attached hydrogens (tertiary/aromatic N) is 1. The monoisotopic (exact) mass is 214 g/mol. The van der Waals surface area contributed by atoms with Crippen molar-refractivity contribution in [1.29, 1.82) is 0 Å². The Morgan fingerprint density at radius 1 is 1.43 bits per heavy atom. The van der Waals surface area contributed by atoms with Crippen LogP contribution in [0, 0.1) is 5.92 Å². The lowest BCUT2D eigenvalue weighted by Crippen LogP contribution is -2.50. The van der Waals surface area contributed by atoms with Crippen molar-refractivity contribution in [3.05, 3.63) is 0 Å². The van der Waals surface area contributed by atoms with Gasteiger partial charge in [-0.1, -0.05) is 13.3 Å². The third-order valence-corrected chi connectivity index (χ3v) is 4.92. The molecule has 14 heavy (non-hydrogen) atoms. The smallest absolute Gasteiger partial charge is 0.0194 e. The largest absolute Gasteiger partial charge is 0.327 e. The first-order valence-corrected chi connectivity index (χ1v) is 7.04. The molecular formula is C11H22N2S. The summed E-state index contributed by atoms with van der Waals surface area (Å²) >= 11 is 2.11. The highest BCUT2D eigenvalue weighted by atomic mass is 32.2. The van der Waals surface area contributed by atoms with E-state index in [9.17, 15) is 0 Å². The molecule has 2 N–H and O–H groups in total. The molecule has 0 radical (unpaired) electrons. The zero-order chi connectivity index (χ0) is 9.97. The molecule has 2 aliphatic heterocycles. The fourth-order valence-corrected chi connectivity index (χ4v) is 3.91. The predicted molar refractivity (Wildman–Crippen MR) is 63.7 cm³/mol. The molecular weight excluding hydrogens is 192 g/mol. The predicted octanol–water partition coefficient (Wildman–Crippen LogP) is 1.55. The Balaban J connectivity index is 1.88. The number of likely N-dealkylation sites (tertiary alicyclic amines) is 1. The van der Waals surface area contributed by atoms with Crippen LogP contribution in [-0.2, 0) is 0 Å². The maximum absolute atomic E-state index is 6.12. The van der Waals surface area contributed by atoms with Crippen LogP contribution in [0.2, 0.25) is 0 Å². The lowest BCUT2D eigenvalue weighted by molar-refractivity contribution is 0.117. The summed E-state index contributed by atoms with van der Waals surface area (Å²) in [4.78, 5) is 2.69. The summed E-state index contributed by atoms with van der Waals surface area (Å²) in [6, 6.07) is 1.33. The second-order valence-electron chi connectivity index (χ2n) is 4.63. The molecule has 0 saturated carbocycles. The van der Waals surface area contributed by atoms with Crippen molar-refractivity contribution in [1.82, 2.24) is 4.90 Å². The molecule has 0 aromatic rings. The van der Waals surface area contributed by atoms with Crippen LogP contribution in [0.25, 0.3) is 0 Å². The first-order chi connectivity index (χ1) is 6.81. The van der Waals surface area contributed by atoms with Crippen molar-refractivity contribution >= 4 is 11.8 Å². The van der Waals surface area contributed by atoms with Gasteiger partial charge in [-0.15, -0.1) is 0 Å². The molecule has 3 atom stereocenters. The fraction of sp³-hybridized carbons (Fsp3) is 1.00. The number of hydrogen-bond donors (Lipinski definition) is 1. The Labute approximate surface area is 91.6 Å². The van der Waals surface area contributed by atoms with Crippen molar-refractivity contribution in [2.45, 2.75) is 38.3 Å². The van der Waals surface area contributed by atoms with E-state index in [1.165, 1.54) is 43.9 Å². The number of piperidine rings is 1. The van der Waals surface area contributed by atoms with Crippen LogP contribution < -0.4 is 5.73 Å². The third-order valence-electron chi connectivity index (χ3n) is 3.77. The normalized spacial score (nSPS) is 40.3. The van der Waals surface area contributed by atoms with E-state index in [2.05, 4.69) is 23.6 Å². The van der Waals surface area contributed by atoms with E-state index in [0.717, 1.165) is 12.0 Å². The Bertz CT molecular complexity index is 180. The van der Waals surface area contributed by atoms with E-state index in [0.29, 0.717) is 6.04 Å². The van der Waals surface area contributed by atoms with Gasteiger partial charge >= 0.3 is 0 Å². The Morgan fingerprint density at radius 2 is 2.29 bits per heavy atom. The Hall–Kier alpha value is 0.270. The molecule has 0 amide bonds. The maximum Gasteiger partial charge on any atom is 0.0194 e. The zero-order valence-corrected chi connectivity index (χ0v) is 9.93. The minimum absolute atomic E-state index is 0.463. The van der Waals surface area contributed by atoms with Gasteiger partial charge in [-0.05, 0) is 31.1 Å². The summed E-state index contributed by atoms with van der Waals surface area (Å²) in [5, 5.41) is 0. The number of thioether (sulfide) groups is 1. The summed E-state index contributed by atoms with van der Waals surface area (Å²) < 4.78 is 0. The van der Waals surface area contributed by atoms with Crippen LogP contribution in [0.1, 0.15) is 26.2 Å². The summed E-state index contributed by atoms with van der Waals surface area (Å²) in [7, 11) is 0. The molecule has 0 aromatic carbocycles. The lowest BCUT2D eigenvalue weighted by Gasteiger charge is -2.39. The van der Waals surface area contributed by atoms with E-state index in [1.807, 2.05) is 0 Å². The van der Waals surface area contributed by atoms with Crippen LogP contribution in [0.15, 0.2) is 0 Å². The van der Waals surface area contributed by atoms with Gasteiger partial charge in [0, 0.05) is 24.4 Å². The number of rotatable bonds is 2. The minimum Gasteiger partial charge on any atom is -0.327 e. The Morgan fingerprint density at radius 3 is 2.93 bits per heavy atom. The van der Waals surface area contributed by atoms with Gasteiger partial charge in [-0.25, -0.2) is 0 Å². The molecule has 2 fully saturated rings. The topological polar surface area (TPSA) is 29.3 Å². The van der Waals surface area contributed by atoms with Gasteiger partial charge in [0.15, 0.2) is 0 Å². The second kappa shape index (κ2) is 4.86. The van der Waals surface area contributed by atoms with E-state index in [4.69, 9.17) is 5.73 Å². The third kappa shape index (κ3) is 2.26. The van der Waals surface area contributed by atoms with Crippen LogP contribution in [0.5, 0.6) is 0 Å². The van der Waals surface area contributed by atoms with Crippen LogP contribution >= 0.6 is 11.8 Å². The first kappa shape index (κ1) is 10.8. The molecule has 3 unspecified atom stereocenters. The van der Waals surface area contributed by atoms with E-state index in [-0.39, 0.29) is 0 Å². The van der Waals surface area contributed by atoms with Crippen molar-refractivity contribution in [3.63, 3.8) is 0 Å². The summed E-state index contributed by atoms with van der Waals surface area (Å²) in [5.41, 5.74) is 6.12. The standard InChI is InChI=1S/C11H22N2S/c1-2-9-7-13(5-3-11(9)12)10-4-6-14-8-10/h9-11H,2-8,12H2,1H3. The highest BCUT2D eigenvalue weighted by molar-refractivity contribution is 7.99. The zero-order valence-electron chi connectivity index (χ0n) is 9.11. The Kier molecular flexibility index (Phi) is 3.74. The van der Waals surface area contributed by atoms with Crippen LogP contribution in [0.3, 0.4) is 0 Å². The molecule has 2 heterocycles. The molecule has 3 heteroatoms. The molecule has 0 bridgehead atoms. The quantitative estimate of drug-likeness (QED) is 0.756. The molecule has 0 aromatic heterocycles. The van der Waals surface area contributed by atoms with Gasteiger partial charge in [0.25, 0.3) is 0 Å². The maximum atomic E-state index is 6.12. The fourth-order valence-electron chi connectivity index (χ4n) is 2.65. The average molecular weight is 214 g/mol.